The van der Waals surface area contributed by atoms with E-state index in [9.17, 15) is 0 Å². The van der Waals surface area contributed by atoms with Gasteiger partial charge in [0, 0.05) is 17.1 Å². The van der Waals surface area contributed by atoms with Crippen LogP contribution in [-0.4, -0.2) is 9.55 Å². The lowest BCUT2D eigenvalue weighted by molar-refractivity contribution is 0.597. The van der Waals surface area contributed by atoms with Crippen LogP contribution >= 0.6 is 11.6 Å². The molecule has 1 unspecified atom stereocenters. The van der Waals surface area contributed by atoms with Gasteiger partial charge in [0.05, 0.1) is 23.0 Å². The predicted octanol–water partition coefficient (Wildman–Crippen LogP) is 4.52. The summed E-state index contributed by atoms with van der Waals surface area (Å²) in [5, 5.41) is 9.80. The summed E-state index contributed by atoms with van der Waals surface area (Å²) in [5.74, 6) is 0.795. The second-order valence-electron chi connectivity index (χ2n) is 5.07. The highest BCUT2D eigenvalue weighted by Gasteiger charge is 2.14. The van der Waals surface area contributed by atoms with E-state index in [0.29, 0.717) is 11.6 Å². The predicted molar refractivity (Wildman–Crippen MR) is 85.0 cm³/mol. The molecule has 1 aromatic heterocycles. The van der Waals surface area contributed by atoms with Crippen LogP contribution in [0.1, 0.15) is 6.92 Å². The molecule has 0 amide bonds. The Morgan fingerprint density at radius 1 is 1.19 bits per heavy atom. The molecule has 4 heteroatoms. The Balaban J connectivity index is 2.19. The highest BCUT2D eigenvalue weighted by atomic mass is 35.5. The zero-order valence-electron chi connectivity index (χ0n) is 11.6. The fourth-order valence-electron chi connectivity index (χ4n) is 2.39. The molecular weight excluding hydrogens is 282 g/mol. The van der Waals surface area contributed by atoms with Gasteiger partial charge in [-0.1, -0.05) is 23.7 Å². The summed E-state index contributed by atoms with van der Waals surface area (Å²) in [7, 11) is 0. The first kappa shape index (κ1) is 13.7. The Morgan fingerprint density at radius 3 is 2.62 bits per heavy atom. The molecule has 3 rings (SSSR count). The fraction of sp³-hybridized carbons (Fsp3) is 0.176. The minimum atomic E-state index is -0.0753. The third-order valence-corrected chi connectivity index (χ3v) is 3.69. The molecule has 1 atom stereocenters. The van der Waals surface area contributed by atoms with Crippen molar-refractivity contribution in [2.75, 3.05) is 0 Å². The van der Waals surface area contributed by atoms with Crippen LogP contribution in [0.25, 0.3) is 22.4 Å². The number of hydrogen-bond acceptors (Lipinski definition) is 2. The molecule has 0 bridgehead atoms. The molecule has 0 aliphatic rings. The van der Waals surface area contributed by atoms with Crippen molar-refractivity contribution in [1.29, 1.82) is 5.26 Å². The second-order valence-corrected chi connectivity index (χ2v) is 5.51. The van der Waals surface area contributed by atoms with Gasteiger partial charge in [-0.05, 0) is 43.3 Å². The first-order valence-electron chi connectivity index (χ1n) is 6.80. The van der Waals surface area contributed by atoms with Crippen molar-refractivity contribution in [2.24, 2.45) is 5.92 Å². The number of halogens is 1. The normalized spacial score (nSPS) is 12.2. The second kappa shape index (κ2) is 5.59. The van der Waals surface area contributed by atoms with Crippen molar-refractivity contribution in [3.63, 3.8) is 0 Å². The van der Waals surface area contributed by atoms with Crippen LogP contribution in [-0.2, 0) is 6.54 Å². The molecule has 3 aromatic rings. The fourth-order valence-corrected chi connectivity index (χ4v) is 2.52. The standard InChI is InChI=1S/C17H14ClN3/c1-12(10-19)11-21-16-5-3-2-4-15(16)20-17(21)13-6-8-14(18)9-7-13/h2-9,12H,11H2,1H3. The molecule has 0 spiro atoms. The van der Waals surface area contributed by atoms with Gasteiger partial charge >= 0.3 is 0 Å². The number of benzene rings is 2. The lowest BCUT2D eigenvalue weighted by Gasteiger charge is -2.10. The summed E-state index contributed by atoms with van der Waals surface area (Å²) in [5.41, 5.74) is 2.98. The summed E-state index contributed by atoms with van der Waals surface area (Å²) in [6.07, 6.45) is 0. The van der Waals surface area contributed by atoms with Crippen LogP contribution in [0.4, 0.5) is 0 Å². The van der Waals surface area contributed by atoms with Crippen molar-refractivity contribution in [3.8, 4) is 17.5 Å². The number of hydrogen-bond donors (Lipinski definition) is 0. The quantitative estimate of drug-likeness (QED) is 0.713. The number of rotatable bonds is 3. The molecule has 104 valence electrons. The molecule has 1 heterocycles. The number of para-hydroxylation sites is 2. The summed E-state index contributed by atoms with van der Waals surface area (Å²) < 4.78 is 2.10. The van der Waals surface area contributed by atoms with Gasteiger partial charge in [0.1, 0.15) is 5.82 Å². The van der Waals surface area contributed by atoms with Crippen molar-refractivity contribution < 1.29 is 0 Å². The van der Waals surface area contributed by atoms with E-state index in [0.717, 1.165) is 22.4 Å². The van der Waals surface area contributed by atoms with Gasteiger partial charge in [0.25, 0.3) is 0 Å². The number of nitrogens with zero attached hydrogens (tertiary/aromatic N) is 3. The highest BCUT2D eigenvalue weighted by Crippen LogP contribution is 2.26. The molecule has 0 aliphatic carbocycles. The molecule has 0 fully saturated rings. The number of fused-ring (bicyclic) bond motifs is 1. The van der Waals surface area contributed by atoms with E-state index < -0.39 is 0 Å². The smallest absolute Gasteiger partial charge is 0.141 e. The average molecular weight is 296 g/mol. The topological polar surface area (TPSA) is 41.6 Å². The lowest BCUT2D eigenvalue weighted by atomic mass is 10.2. The van der Waals surface area contributed by atoms with Crippen LogP contribution in [0, 0.1) is 17.2 Å². The maximum absolute atomic E-state index is 9.10. The molecule has 0 saturated heterocycles. The lowest BCUT2D eigenvalue weighted by Crippen LogP contribution is -2.07. The molecule has 0 aliphatic heterocycles. The Hall–Kier alpha value is -2.31. The van der Waals surface area contributed by atoms with Crippen molar-refractivity contribution >= 4 is 22.6 Å². The van der Waals surface area contributed by atoms with Crippen LogP contribution < -0.4 is 0 Å². The minimum Gasteiger partial charge on any atom is -0.323 e. The Labute approximate surface area is 128 Å². The van der Waals surface area contributed by atoms with Gasteiger partial charge in [-0.25, -0.2) is 4.98 Å². The molecule has 3 nitrogen and oxygen atoms in total. The zero-order valence-corrected chi connectivity index (χ0v) is 12.4. The first-order chi connectivity index (χ1) is 10.2. The summed E-state index contributed by atoms with van der Waals surface area (Å²) >= 11 is 5.95. The highest BCUT2D eigenvalue weighted by molar-refractivity contribution is 6.30. The van der Waals surface area contributed by atoms with E-state index in [-0.39, 0.29) is 5.92 Å². The Bertz CT molecular complexity index is 812. The molecular formula is C17H14ClN3. The van der Waals surface area contributed by atoms with Crippen molar-refractivity contribution in [1.82, 2.24) is 9.55 Å². The number of nitriles is 1. The van der Waals surface area contributed by atoms with E-state index in [4.69, 9.17) is 21.8 Å². The molecule has 0 N–H and O–H groups in total. The zero-order chi connectivity index (χ0) is 14.8. The maximum atomic E-state index is 9.10. The first-order valence-corrected chi connectivity index (χ1v) is 7.17. The van der Waals surface area contributed by atoms with E-state index in [1.54, 1.807) is 0 Å². The summed E-state index contributed by atoms with van der Waals surface area (Å²) in [6, 6.07) is 17.9. The Morgan fingerprint density at radius 2 is 1.90 bits per heavy atom. The van der Waals surface area contributed by atoms with Gasteiger partial charge in [0.15, 0.2) is 0 Å². The number of aromatic nitrogens is 2. The van der Waals surface area contributed by atoms with Gasteiger partial charge < -0.3 is 4.57 Å². The third-order valence-electron chi connectivity index (χ3n) is 3.43. The van der Waals surface area contributed by atoms with E-state index >= 15 is 0 Å². The van der Waals surface area contributed by atoms with E-state index in [1.807, 2.05) is 55.5 Å². The van der Waals surface area contributed by atoms with Gasteiger partial charge in [-0.3, -0.25) is 0 Å². The van der Waals surface area contributed by atoms with E-state index in [1.165, 1.54) is 0 Å². The van der Waals surface area contributed by atoms with E-state index in [2.05, 4.69) is 10.6 Å². The summed E-state index contributed by atoms with van der Waals surface area (Å²) in [4.78, 5) is 4.71. The van der Waals surface area contributed by atoms with Crippen molar-refractivity contribution in [3.05, 3.63) is 53.6 Å². The SMILES string of the molecule is CC(C#N)Cn1c(-c2ccc(Cl)cc2)nc2ccccc21. The monoisotopic (exact) mass is 295 g/mol. The van der Waals surface area contributed by atoms with Gasteiger partial charge in [0.2, 0.25) is 0 Å². The molecule has 21 heavy (non-hydrogen) atoms. The third kappa shape index (κ3) is 2.63. The minimum absolute atomic E-state index is 0.0753. The average Bonchev–Trinajstić information content (AvgIpc) is 2.87. The van der Waals surface area contributed by atoms with Crippen LogP contribution in [0.15, 0.2) is 48.5 Å². The van der Waals surface area contributed by atoms with Gasteiger partial charge in [-0.2, -0.15) is 5.26 Å². The molecule has 0 radical (unpaired) electrons. The van der Waals surface area contributed by atoms with Crippen LogP contribution in [0.2, 0.25) is 5.02 Å². The largest absolute Gasteiger partial charge is 0.323 e. The summed E-state index contributed by atoms with van der Waals surface area (Å²) in [6.45, 7) is 2.54. The molecule has 2 aromatic carbocycles. The number of imidazole rings is 1. The van der Waals surface area contributed by atoms with Crippen LogP contribution in [0.5, 0.6) is 0 Å². The molecule has 0 saturated carbocycles. The van der Waals surface area contributed by atoms with Crippen molar-refractivity contribution in [2.45, 2.75) is 13.5 Å². The van der Waals surface area contributed by atoms with Crippen LogP contribution in [0.3, 0.4) is 0 Å². The van der Waals surface area contributed by atoms with Gasteiger partial charge in [-0.15, -0.1) is 0 Å². The maximum Gasteiger partial charge on any atom is 0.141 e. The Kier molecular flexibility index (Phi) is 3.64.